The fraction of sp³-hybridized carbons (Fsp3) is 0.727. The molecule has 3 N–H and O–H groups in total. The Balaban J connectivity index is 0.00000324. The molecule has 1 fully saturated rings. The zero-order valence-corrected chi connectivity index (χ0v) is 13.2. The van der Waals surface area contributed by atoms with E-state index in [1.165, 1.54) is 11.9 Å². The predicted octanol–water partition coefficient (Wildman–Crippen LogP) is -0.0887. The van der Waals surface area contributed by atoms with E-state index in [0.29, 0.717) is 19.4 Å². The Hall–Kier alpha value is -2.63. The number of amides is 3. The molecule has 0 aromatic carbocycles. The summed E-state index contributed by atoms with van der Waals surface area (Å²) in [5.74, 6) is 5.15. The van der Waals surface area contributed by atoms with Gasteiger partial charge in [0, 0.05) is 19.6 Å². The number of hydrogen-bond acceptors (Lipinski definition) is 3. The van der Waals surface area contributed by atoms with Crippen molar-refractivity contribution in [2.45, 2.75) is 38.3 Å². The van der Waals surface area contributed by atoms with E-state index in [1.54, 1.807) is 0 Å². The molecule has 19 heavy (non-hydrogen) atoms. The molecular formula is C11H20LrN5O2-. The quantitative estimate of drug-likeness (QED) is 0.237. The molecule has 3 amide bonds. The normalized spacial score (nSPS) is 19.3. The summed E-state index contributed by atoms with van der Waals surface area (Å²) in [6.45, 7) is 2.38. The number of hydrogen-bond donors (Lipinski definition) is 2. The molecule has 0 spiro atoms. The molecule has 2 atom stereocenters. The summed E-state index contributed by atoms with van der Waals surface area (Å²) in [6.07, 6.45) is 2.94. The standard InChI is InChI=1S/C11H20N5O2.Lr/c1-3-8(7-12)14-10(17)9-5-4-6-16(9)11(18)15(2)13;/h7-9H,3-6,13H2,1-2H3,(H,14,17);/q-1;/t8-,9-;/m0./s1. The van der Waals surface area contributed by atoms with E-state index in [9.17, 15) is 9.59 Å². The second-order valence-electron chi connectivity index (χ2n) is 4.42. The zero-order chi connectivity index (χ0) is 13.7. The first kappa shape index (κ1) is 16.4. The van der Waals surface area contributed by atoms with Crippen LogP contribution in [0.15, 0.2) is 0 Å². The summed E-state index contributed by atoms with van der Waals surface area (Å²) in [6, 6.07) is -1.25. The summed E-state index contributed by atoms with van der Waals surface area (Å²) in [4.78, 5) is 25.2. The van der Waals surface area contributed by atoms with Crippen molar-refractivity contribution in [3.8, 4) is 0 Å². The van der Waals surface area contributed by atoms with Crippen molar-refractivity contribution in [2.75, 3.05) is 13.6 Å². The minimum Gasteiger partial charge on any atom is -0.813 e. The fourth-order valence-corrected chi connectivity index (χ4v) is 1.99. The second-order valence-corrected chi connectivity index (χ2v) is 4.42. The number of rotatable bonds is 4. The summed E-state index contributed by atoms with van der Waals surface area (Å²) in [5, 5.41) is 12.6. The first-order valence-corrected chi connectivity index (χ1v) is 6.08. The van der Waals surface area contributed by atoms with Gasteiger partial charge >= 0.3 is 6.03 Å². The Labute approximate surface area is 107 Å². The molecule has 7 nitrogen and oxygen atoms in total. The monoisotopic (exact) mass is 516 g/mol. The summed E-state index contributed by atoms with van der Waals surface area (Å²) >= 11 is 0. The molecule has 1 radical (unpaired) electrons. The number of hydrazine groups is 1. The van der Waals surface area contributed by atoms with Crippen molar-refractivity contribution in [3.05, 3.63) is 5.41 Å². The van der Waals surface area contributed by atoms with E-state index in [-0.39, 0.29) is 18.0 Å². The second kappa shape index (κ2) is 6.95. The molecule has 117 valence electrons. The SMILES string of the molecule is CC[C@@H](C=[N-])NC(=O)[C@@H]1CCCN1C(=O)N(C)N.[Lr]. The maximum atomic E-state index is 12.0. The number of nitrogens with two attached hydrogens (primary N) is 1. The molecule has 1 aliphatic heterocycles. The van der Waals surface area contributed by atoms with Gasteiger partial charge in [-0.2, -0.15) is 6.21 Å². The van der Waals surface area contributed by atoms with Gasteiger partial charge < -0.3 is 15.6 Å². The Morgan fingerprint density at radius 2 is 2.26 bits per heavy atom. The van der Waals surface area contributed by atoms with Crippen LogP contribution in [-0.4, -0.2) is 53.7 Å². The largest absolute Gasteiger partial charge is 0.813 e. The summed E-state index contributed by atoms with van der Waals surface area (Å²) in [7, 11) is 1.45. The van der Waals surface area contributed by atoms with Crippen LogP contribution in [0.4, 0.5) is 4.79 Å². The zero-order valence-electron chi connectivity index (χ0n) is 11.1. The van der Waals surface area contributed by atoms with Gasteiger partial charge in [0.05, 0.1) is 0 Å². The van der Waals surface area contributed by atoms with Crippen LogP contribution >= 0.6 is 0 Å². The maximum absolute atomic E-state index is 12.0. The average molecular weight is 516 g/mol. The minimum atomic E-state index is -0.502. The number of nitrogens with zero attached hydrogens (tertiary/aromatic N) is 3. The Kier molecular flexibility index (Phi) is 5.99. The van der Waals surface area contributed by atoms with Crippen LogP contribution in [0.5, 0.6) is 0 Å². The average Bonchev–Trinajstić information content (AvgIpc) is 2.83. The molecule has 0 unspecified atom stereocenters. The molecule has 1 saturated heterocycles. The number of carbonyl (C=O) groups excluding carboxylic acids is 2. The third-order valence-corrected chi connectivity index (χ3v) is 3.05. The molecule has 0 saturated carbocycles. The van der Waals surface area contributed by atoms with Crippen LogP contribution < -0.4 is 11.2 Å². The third kappa shape index (κ3) is 3.67. The molecule has 1 aliphatic rings. The van der Waals surface area contributed by atoms with Gasteiger partial charge in [-0.05, 0) is 19.3 Å². The number of nitrogens with one attached hydrogen (secondary N) is 1. The first-order valence-electron chi connectivity index (χ1n) is 6.08. The van der Waals surface area contributed by atoms with Gasteiger partial charge in [-0.1, -0.05) is 6.92 Å². The number of urea groups is 1. The van der Waals surface area contributed by atoms with Crippen LogP contribution in [0.1, 0.15) is 26.2 Å². The topological polar surface area (TPSA) is 101 Å². The molecular weight excluding hydrogens is 496 g/mol. The molecule has 0 bridgehead atoms. The molecule has 0 aromatic heterocycles. The van der Waals surface area contributed by atoms with Crippen molar-refractivity contribution in [1.29, 1.82) is 0 Å². The van der Waals surface area contributed by atoms with Crippen LogP contribution in [0.2, 0.25) is 0 Å². The van der Waals surface area contributed by atoms with E-state index in [1.807, 2.05) is 6.92 Å². The van der Waals surface area contributed by atoms with Crippen molar-refractivity contribution in [2.24, 2.45) is 5.84 Å². The van der Waals surface area contributed by atoms with Crippen LogP contribution in [0.3, 0.4) is 0 Å². The van der Waals surface area contributed by atoms with E-state index >= 15 is 0 Å². The van der Waals surface area contributed by atoms with Crippen molar-refractivity contribution in [1.82, 2.24) is 15.2 Å². The predicted molar refractivity (Wildman–Crippen MR) is 68.7 cm³/mol. The summed E-state index contributed by atoms with van der Waals surface area (Å²) < 4.78 is 0. The fourth-order valence-electron chi connectivity index (χ4n) is 1.99. The molecule has 1 rings (SSSR count). The van der Waals surface area contributed by atoms with Gasteiger partial charge in [0.15, 0.2) is 0 Å². The molecule has 0 aliphatic carbocycles. The Bertz CT molecular complexity index is 337. The van der Waals surface area contributed by atoms with E-state index in [0.717, 1.165) is 17.6 Å². The maximum Gasteiger partial charge on any atom is 0.334 e. The van der Waals surface area contributed by atoms with Crippen molar-refractivity contribution < 1.29 is 9.59 Å². The van der Waals surface area contributed by atoms with Crippen molar-refractivity contribution >= 4 is 18.2 Å². The van der Waals surface area contributed by atoms with Crippen LogP contribution in [-0.2, 0) is 4.79 Å². The van der Waals surface area contributed by atoms with Gasteiger partial charge in [-0.25, -0.2) is 10.6 Å². The van der Waals surface area contributed by atoms with Crippen molar-refractivity contribution in [3.63, 3.8) is 0 Å². The number of carbonyl (C=O) groups is 2. The van der Waals surface area contributed by atoms with Gasteiger partial charge in [-0.3, -0.25) is 9.80 Å². The Morgan fingerprint density at radius 3 is 2.74 bits per heavy atom. The molecule has 0 aromatic rings. The van der Waals surface area contributed by atoms with Gasteiger partial charge in [0.2, 0.25) is 5.91 Å². The Morgan fingerprint density at radius 1 is 1.63 bits per heavy atom. The van der Waals surface area contributed by atoms with E-state index in [2.05, 4.69) is 5.32 Å². The van der Waals surface area contributed by atoms with Crippen LogP contribution in [0.25, 0.3) is 5.41 Å². The smallest absolute Gasteiger partial charge is 0.334 e. The summed E-state index contributed by atoms with van der Waals surface area (Å²) in [5.41, 5.74) is 0. The third-order valence-electron chi connectivity index (χ3n) is 3.05. The van der Waals surface area contributed by atoms with Gasteiger partial charge in [-0.15, -0.1) is 0 Å². The minimum absolute atomic E-state index is 0. The van der Waals surface area contributed by atoms with Crippen LogP contribution in [0, 0.1) is 0 Å². The molecule has 8 heteroatoms. The first-order chi connectivity index (χ1) is 8.51. The van der Waals surface area contributed by atoms with Gasteiger partial charge in [0.1, 0.15) is 6.04 Å². The number of likely N-dealkylation sites (tertiary alicyclic amines) is 1. The van der Waals surface area contributed by atoms with E-state index in [4.69, 9.17) is 11.3 Å². The van der Waals surface area contributed by atoms with E-state index < -0.39 is 6.04 Å². The van der Waals surface area contributed by atoms with Gasteiger partial charge in [0.25, 0.3) is 0 Å². The molecule has 1 heterocycles.